The standard InChI is InChI=1S/C12H17NS/c1-11-3-9-2-10(4-11)6-12(5-9,7-11)13-8-14/h9-10H,2-7H2,1H3. The highest BCUT2D eigenvalue weighted by molar-refractivity contribution is 7.78. The summed E-state index contributed by atoms with van der Waals surface area (Å²) in [6, 6.07) is 0. The molecule has 14 heavy (non-hydrogen) atoms. The zero-order chi connectivity index (χ0) is 9.81. The Labute approximate surface area is 91.0 Å². The van der Waals surface area contributed by atoms with Crippen molar-refractivity contribution in [1.82, 2.24) is 0 Å². The second kappa shape index (κ2) is 2.68. The Morgan fingerprint density at radius 3 is 2.36 bits per heavy atom. The molecule has 4 bridgehead atoms. The van der Waals surface area contributed by atoms with Crippen molar-refractivity contribution in [3.8, 4) is 0 Å². The second-order valence-corrected chi connectivity index (χ2v) is 6.38. The van der Waals surface area contributed by atoms with Crippen LogP contribution < -0.4 is 0 Å². The number of hydrogen-bond donors (Lipinski definition) is 0. The molecule has 0 radical (unpaired) electrons. The fourth-order valence-corrected chi connectivity index (χ4v) is 5.09. The van der Waals surface area contributed by atoms with Gasteiger partial charge in [-0.15, -0.1) is 0 Å². The molecule has 0 aliphatic heterocycles. The Morgan fingerprint density at radius 1 is 1.21 bits per heavy atom. The van der Waals surface area contributed by atoms with Crippen LogP contribution in [0.2, 0.25) is 0 Å². The van der Waals surface area contributed by atoms with Gasteiger partial charge in [-0.3, -0.25) is 0 Å². The minimum Gasteiger partial charge on any atom is -0.226 e. The van der Waals surface area contributed by atoms with E-state index < -0.39 is 0 Å². The molecule has 4 saturated carbocycles. The molecule has 4 fully saturated rings. The maximum atomic E-state index is 4.81. The molecule has 0 aromatic carbocycles. The first-order valence-corrected chi connectivity index (χ1v) is 6.13. The number of rotatable bonds is 1. The third kappa shape index (κ3) is 1.20. The lowest BCUT2D eigenvalue weighted by Gasteiger charge is -2.59. The van der Waals surface area contributed by atoms with Crippen LogP contribution in [0.25, 0.3) is 0 Å². The SMILES string of the molecule is CC12CC3CC(C1)CC(N=C=S)(C3)C2. The fraction of sp³-hybridized carbons (Fsp3) is 0.917. The van der Waals surface area contributed by atoms with Gasteiger partial charge in [-0.2, -0.15) is 0 Å². The molecule has 0 spiro atoms. The van der Waals surface area contributed by atoms with E-state index in [1.54, 1.807) is 0 Å². The van der Waals surface area contributed by atoms with Crippen LogP contribution >= 0.6 is 12.2 Å². The maximum absolute atomic E-state index is 4.81. The molecule has 1 nitrogen and oxygen atoms in total. The predicted octanol–water partition coefficient (Wildman–Crippen LogP) is 3.45. The molecule has 0 N–H and O–H groups in total. The van der Waals surface area contributed by atoms with Crippen LogP contribution in [-0.4, -0.2) is 10.7 Å². The van der Waals surface area contributed by atoms with Crippen molar-refractivity contribution in [3.05, 3.63) is 0 Å². The Hall–Kier alpha value is -0.200. The number of isothiocyanates is 1. The largest absolute Gasteiger partial charge is 0.226 e. The summed E-state index contributed by atoms with van der Waals surface area (Å²) in [6.45, 7) is 2.46. The van der Waals surface area contributed by atoms with Gasteiger partial charge in [0.25, 0.3) is 0 Å². The van der Waals surface area contributed by atoms with Crippen molar-refractivity contribution in [1.29, 1.82) is 0 Å². The first kappa shape index (κ1) is 9.06. The summed E-state index contributed by atoms with van der Waals surface area (Å²) >= 11 is 4.81. The van der Waals surface area contributed by atoms with E-state index in [4.69, 9.17) is 12.2 Å². The first-order valence-electron chi connectivity index (χ1n) is 5.72. The van der Waals surface area contributed by atoms with E-state index >= 15 is 0 Å². The van der Waals surface area contributed by atoms with E-state index in [1.807, 2.05) is 0 Å². The molecule has 0 amide bonds. The van der Waals surface area contributed by atoms with Crippen LogP contribution in [-0.2, 0) is 0 Å². The van der Waals surface area contributed by atoms with E-state index in [0.717, 1.165) is 11.8 Å². The Balaban J connectivity index is 2.00. The molecule has 4 aliphatic rings. The third-order valence-electron chi connectivity index (χ3n) is 4.61. The normalized spacial score (nSPS) is 54.4. The van der Waals surface area contributed by atoms with E-state index in [9.17, 15) is 0 Å². The Kier molecular flexibility index (Phi) is 1.73. The highest BCUT2D eigenvalue weighted by Crippen LogP contribution is 2.62. The number of hydrogen-bond acceptors (Lipinski definition) is 2. The number of aliphatic imine (C=N–C) groups is 1. The molecule has 0 heterocycles. The van der Waals surface area contributed by atoms with Crippen LogP contribution in [0, 0.1) is 17.3 Å². The highest BCUT2D eigenvalue weighted by atomic mass is 32.1. The smallest absolute Gasteiger partial charge is 0.0721 e. The summed E-state index contributed by atoms with van der Waals surface area (Å²) in [5, 5.41) is 2.65. The number of thiocarbonyl (C=S) groups is 1. The average Bonchev–Trinajstić information content (AvgIpc) is 1.97. The fourth-order valence-electron chi connectivity index (χ4n) is 4.90. The summed E-state index contributed by atoms with van der Waals surface area (Å²) in [5.74, 6) is 1.88. The summed E-state index contributed by atoms with van der Waals surface area (Å²) in [5.41, 5.74) is 0.806. The van der Waals surface area contributed by atoms with Crippen LogP contribution in [0.15, 0.2) is 4.99 Å². The lowest BCUT2D eigenvalue weighted by molar-refractivity contribution is -0.0549. The van der Waals surface area contributed by atoms with Crippen LogP contribution in [0.1, 0.15) is 45.4 Å². The minimum atomic E-state index is 0.223. The molecule has 0 aromatic rings. The van der Waals surface area contributed by atoms with Gasteiger partial charge in [-0.1, -0.05) is 6.92 Å². The van der Waals surface area contributed by atoms with Gasteiger partial charge in [0, 0.05) is 0 Å². The van der Waals surface area contributed by atoms with E-state index in [-0.39, 0.29) is 5.54 Å². The molecular weight excluding hydrogens is 190 g/mol. The first-order chi connectivity index (χ1) is 6.63. The Bertz CT molecular complexity index is 302. The summed E-state index contributed by atoms with van der Waals surface area (Å²) < 4.78 is 0. The third-order valence-corrected chi connectivity index (χ3v) is 4.70. The summed E-state index contributed by atoms with van der Waals surface area (Å²) in [4.78, 5) is 4.53. The molecule has 2 unspecified atom stereocenters. The zero-order valence-electron chi connectivity index (χ0n) is 8.75. The van der Waals surface area contributed by atoms with Gasteiger partial charge in [-0.25, -0.2) is 4.99 Å². The molecule has 2 atom stereocenters. The van der Waals surface area contributed by atoms with Gasteiger partial charge in [0.2, 0.25) is 0 Å². The maximum Gasteiger partial charge on any atom is 0.0721 e. The molecule has 0 saturated heterocycles. The van der Waals surface area contributed by atoms with Gasteiger partial charge < -0.3 is 0 Å². The quantitative estimate of drug-likeness (QED) is 0.474. The van der Waals surface area contributed by atoms with Gasteiger partial charge in [-0.05, 0) is 68.0 Å². The van der Waals surface area contributed by atoms with E-state index in [2.05, 4.69) is 17.1 Å². The Morgan fingerprint density at radius 2 is 1.86 bits per heavy atom. The molecule has 76 valence electrons. The highest BCUT2D eigenvalue weighted by Gasteiger charge is 2.55. The van der Waals surface area contributed by atoms with Crippen molar-refractivity contribution in [2.75, 3.05) is 0 Å². The van der Waals surface area contributed by atoms with Crippen LogP contribution in [0.3, 0.4) is 0 Å². The topological polar surface area (TPSA) is 12.4 Å². The van der Waals surface area contributed by atoms with Crippen molar-refractivity contribution < 1.29 is 0 Å². The van der Waals surface area contributed by atoms with E-state index in [0.29, 0.717) is 5.41 Å². The van der Waals surface area contributed by atoms with Crippen molar-refractivity contribution >= 4 is 17.4 Å². The van der Waals surface area contributed by atoms with Crippen molar-refractivity contribution in [2.24, 2.45) is 22.2 Å². The number of nitrogens with zero attached hydrogens (tertiary/aromatic N) is 1. The summed E-state index contributed by atoms with van der Waals surface area (Å²) in [6.07, 6.45) is 8.21. The van der Waals surface area contributed by atoms with Gasteiger partial charge in [0.15, 0.2) is 0 Å². The predicted molar refractivity (Wildman–Crippen MR) is 60.5 cm³/mol. The molecule has 4 aliphatic carbocycles. The van der Waals surface area contributed by atoms with Gasteiger partial charge in [0.05, 0.1) is 10.7 Å². The van der Waals surface area contributed by atoms with Gasteiger partial charge in [0.1, 0.15) is 0 Å². The van der Waals surface area contributed by atoms with Crippen molar-refractivity contribution in [3.63, 3.8) is 0 Å². The molecule has 4 rings (SSSR count). The zero-order valence-corrected chi connectivity index (χ0v) is 9.57. The van der Waals surface area contributed by atoms with Crippen LogP contribution in [0.4, 0.5) is 0 Å². The average molecular weight is 207 g/mol. The monoisotopic (exact) mass is 207 g/mol. The molecule has 2 heteroatoms. The van der Waals surface area contributed by atoms with Gasteiger partial charge >= 0.3 is 0 Å². The summed E-state index contributed by atoms with van der Waals surface area (Å²) in [7, 11) is 0. The molecule has 0 aromatic heterocycles. The second-order valence-electron chi connectivity index (χ2n) is 6.20. The lowest BCUT2D eigenvalue weighted by Crippen LogP contribution is -2.53. The lowest BCUT2D eigenvalue weighted by atomic mass is 9.47. The minimum absolute atomic E-state index is 0.223. The van der Waals surface area contributed by atoms with Crippen LogP contribution in [0.5, 0.6) is 0 Å². The van der Waals surface area contributed by atoms with E-state index in [1.165, 1.54) is 38.5 Å². The van der Waals surface area contributed by atoms with Crippen molar-refractivity contribution in [2.45, 2.75) is 51.0 Å². The molecular formula is C12H17NS.